The van der Waals surface area contributed by atoms with Gasteiger partial charge >= 0.3 is 10.1 Å². The molecular formula is C23H28N2O5S. The zero-order chi connectivity index (χ0) is 22.1. The van der Waals surface area contributed by atoms with Crippen LogP contribution in [-0.4, -0.2) is 56.3 Å². The minimum Gasteiger partial charge on any atom is -0.392 e. The van der Waals surface area contributed by atoms with E-state index in [9.17, 15) is 18.3 Å². The molecule has 1 saturated carbocycles. The number of carbonyl (C=O) groups excluding carboxylic acids is 1. The molecule has 166 valence electrons. The Hall–Kier alpha value is -2.42. The number of likely N-dealkylation sites (tertiary alicyclic amines) is 1. The van der Waals surface area contributed by atoms with Gasteiger partial charge in [-0.2, -0.15) is 8.42 Å². The SMILES string of the molecule is CS(=O)(=O)Oc1ccc(C2(C(=O)NC(CN3CCC(O)C3)c3ccccc3)CC2)cc1. The minimum absolute atomic E-state index is 0.0297. The Bertz CT molecular complexity index is 1020. The molecule has 1 amide bonds. The van der Waals surface area contributed by atoms with Gasteiger partial charge in [0, 0.05) is 19.6 Å². The second-order valence-corrected chi connectivity index (χ2v) is 10.1. The van der Waals surface area contributed by atoms with E-state index in [-0.39, 0.29) is 23.8 Å². The molecule has 2 atom stereocenters. The molecule has 0 bridgehead atoms. The highest BCUT2D eigenvalue weighted by Crippen LogP contribution is 2.49. The van der Waals surface area contributed by atoms with Crippen LogP contribution >= 0.6 is 0 Å². The first-order valence-electron chi connectivity index (χ1n) is 10.5. The van der Waals surface area contributed by atoms with Crippen LogP contribution in [0, 0.1) is 0 Å². The van der Waals surface area contributed by atoms with E-state index in [1.54, 1.807) is 24.3 Å². The Balaban J connectivity index is 1.50. The number of amides is 1. The molecule has 7 nitrogen and oxygen atoms in total. The highest BCUT2D eigenvalue weighted by molar-refractivity contribution is 7.86. The van der Waals surface area contributed by atoms with Gasteiger partial charge in [0.05, 0.1) is 23.8 Å². The van der Waals surface area contributed by atoms with E-state index in [0.29, 0.717) is 13.1 Å². The van der Waals surface area contributed by atoms with Crippen LogP contribution in [0.3, 0.4) is 0 Å². The molecule has 2 aromatic carbocycles. The minimum atomic E-state index is -3.59. The van der Waals surface area contributed by atoms with Gasteiger partial charge < -0.3 is 14.6 Å². The molecule has 0 radical (unpaired) electrons. The number of nitrogens with one attached hydrogen (secondary N) is 1. The number of nitrogens with zero attached hydrogens (tertiary/aromatic N) is 1. The highest BCUT2D eigenvalue weighted by Gasteiger charge is 2.51. The van der Waals surface area contributed by atoms with Gasteiger partial charge in [0.2, 0.25) is 5.91 Å². The van der Waals surface area contributed by atoms with E-state index in [1.165, 1.54) is 0 Å². The summed E-state index contributed by atoms with van der Waals surface area (Å²) in [7, 11) is -3.59. The van der Waals surface area contributed by atoms with Gasteiger partial charge in [0.25, 0.3) is 0 Å². The monoisotopic (exact) mass is 444 g/mol. The van der Waals surface area contributed by atoms with Crippen LogP contribution in [0.4, 0.5) is 0 Å². The Labute approximate surface area is 183 Å². The zero-order valence-corrected chi connectivity index (χ0v) is 18.3. The van der Waals surface area contributed by atoms with Gasteiger partial charge in [-0.3, -0.25) is 9.69 Å². The van der Waals surface area contributed by atoms with Crippen molar-refractivity contribution < 1.29 is 22.5 Å². The second-order valence-electron chi connectivity index (χ2n) is 8.53. The van der Waals surface area contributed by atoms with Crippen molar-refractivity contribution in [2.75, 3.05) is 25.9 Å². The molecular weight excluding hydrogens is 416 g/mol. The van der Waals surface area contributed by atoms with E-state index in [1.807, 2.05) is 30.3 Å². The largest absolute Gasteiger partial charge is 0.392 e. The summed E-state index contributed by atoms with van der Waals surface area (Å²) in [4.78, 5) is 15.5. The lowest BCUT2D eigenvalue weighted by Gasteiger charge is -2.27. The summed E-state index contributed by atoms with van der Waals surface area (Å²) in [5, 5.41) is 13.1. The summed E-state index contributed by atoms with van der Waals surface area (Å²) < 4.78 is 27.5. The Morgan fingerprint density at radius 2 is 1.87 bits per heavy atom. The molecule has 2 N–H and O–H groups in total. The molecule has 2 aliphatic rings. The summed E-state index contributed by atoms with van der Waals surface area (Å²) in [6.45, 7) is 2.07. The lowest BCUT2D eigenvalue weighted by atomic mass is 9.94. The first-order valence-corrected chi connectivity index (χ1v) is 12.3. The van der Waals surface area contributed by atoms with Gasteiger partial charge in [0.1, 0.15) is 5.75 Å². The van der Waals surface area contributed by atoms with Crippen molar-refractivity contribution >= 4 is 16.0 Å². The number of carbonyl (C=O) groups is 1. The van der Waals surface area contributed by atoms with E-state index in [4.69, 9.17) is 4.18 Å². The topological polar surface area (TPSA) is 95.9 Å². The Kier molecular flexibility index (Phi) is 6.05. The predicted molar refractivity (Wildman–Crippen MR) is 117 cm³/mol. The van der Waals surface area contributed by atoms with Gasteiger partial charge in [0.15, 0.2) is 0 Å². The summed E-state index contributed by atoms with van der Waals surface area (Å²) in [6.07, 6.45) is 2.93. The van der Waals surface area contributed by atoms with Gasteiger partial charge in [-0.1, -0.05) is 42.5 Å². The van der Waals surface area contributed by atoms with Crippen molar-refractivity contribution in [3.8, 4) is 5.75 Å². The third kappa shape index (κ3) is 5.26. The van der Waals surface area contributed by atoms with E-state index < -0.39 is 15.5 Å². The van der Waals surface area contributed by atoms with Crippen LogP contribution in [0.5, 0.6) is 5.75 Å². The molecule has 31 heavy (non-hydrogen) atoms. The van der Waals surface area contributed by atoms with Gasteiger partial charge in [-0.25, -0.2) is 0 Å². The lowest BCUT2D eigenvalue weighted by Crippen LogP contribution is -2.42. The molecule has 4 rings (SSSR count). The summed E-state index contributed by atoms with van der Waals surface area (Å²) in [5.74, 6) is 0.204. The third-order valence-electron chi connectivity index (χ3n) is 6.03. The number of benzene rings is 2. The number of β-amino-alcohol motifs (C(OH)–C–C–N with tert-alkyl or cyclic N) is 1. The van der Waals surface area contributed by atoms with E-state index in [2.05, 4.69) is 10.2 Å². The Morgan fingerprint density at radius 3 is 2.42 bits per heavy atom. The van der Waals surface area contributed by atoms with Crippen LogP contribution in [0.25, 0.3) is 0 Å². The maximum atomic E-state index is 13.4. The van der Waals surface area contributed by atoms with E-state index >= 15 is 0 Å². The number of hydrogen-bond acceptors (Lipinski definition) is 6. The molecule has 2 fully saturated rings. The van der Waals surface area contributed by atoms with Crippen LogP contribution in [0.1, 0.15) is 36.4 Å². The van der Waals surface area contributed by atoms with Gasteiger partial charge in [-0.15, -0.1) is 0 Å². The summed E-state index contributed by atoms with van der Waals surface area (Å²) >= 11 is 0. The second kappa shape index (κ2) is 8.61. The number of aliphatic hydroxyl groups excluding tert-OH is 1. The molecule has 0 spiro atoms. The van der Waals surface area contributed by atoms with Crippen molar-refractivity contribution in [2.24, 2.45) is 0 Å². The number of hydrogen-bond donors (Lipinski definition) is 2. The number of aliphatic hydroxyl groups is 1. The average molecular weight is 445 g/mol. The first kappa shape index (κ1) is 21.8. The lowest BCUT2D eigenvalue weighted by molar-refractivity contribution is -0.124. The van der Waals surface area contributed by atoms with Crippen molar-refractivity contribution in [1.82, 2.24) is 10.2 Å². The number of rotatable bonds is 8. The van der Waals surface area contributed by atoms with Crippen molar-refractivity contribution in [3.63, 3.8) is 0 Å². The molecule has 0 aromatic heterocycles. The fraction of sp³-hybridized carbons (Fsp3) is 0.435. The van der Waals surface area contributed by atoms with Crippen LogP contribution < -0.4 is 9.50 Å². The fourth-order valence-electron chi connectivity index (χ4n) is 4.23. The van der Waals surface area contributed by atoms with Crippen molar-refractivity contribution in [1.29, 1.82) is 0 Å². The Morgan fingerprint density at radius 1 is 1.19 bits per heavy atom. The molecule has 8 heteroatoms. The zero-order valence-electron chi connectivity index (χ0n) is 17.5. The maximum Gasteiger partial charge on any atom is 0.306 e. The average Bonchev–Trinajstić information content (AvgIpc) is 3.44. The van der Waals surface area contributed by atoms with Gasteiger partial charge in [-0.05, 0) is 42.5 Å². The maximum absolute atomic E-state index is 13.4. The first-order chi connectivity index (χ1) is 14.7. The fourth-order valence-corrected chi connectivity index (χ4v) is 4.69. The molecule has 1 saturated heterocycles. The van der Waals surface area contributed by atoms with Crippen LogP contribution in [0.15, 0.2) is 54.6 Å². The van der Waals surface area contributed by atoms with Crippen molar-refractivity contribution in [3.05, 3.63) is 65.7 Å². The summed E-state index contributed by atoms with van der Waals surface area (Å²) in [5.41, 5.74) is 1.29. The summed E-state index contributed by atoms with van der Waals surface area (Å²) in [6, 6.07) is 16.4. The molecule has 2 aromatic rings. The third-order valence-corrected chi connectivity index (χ3v) is 6.53. The normalized spacial score (nSPS) is 21.4. The highest BCUT2D eigenvalue weighted by atomic mass is 32.2. The standard InChI is InChI=1S/C23H28N2O5S/c1-31(28,29)30-20-9-7-18(8-10-20)23(12-13-23)22(27)24-21(17-5-3-2-4-6-17)16-25-14-11-19(26)15-25/h2-10,19,21,26H,11-16H2,1H3,(H,24,27). The smallest absolute Gasteiger partial charge is 0.306 e. The van der Waals surface area contributed by atoms with Crippen LogP contribution in [0.2, 0.25) is 0 Å². The van der Waals surface area contributed by atoms with Crippen LogP contribution in [-0.2, 0) is 20.3 Å². The van der Waals surface area contributed by atoms with Crippen molar-refractivity contribution in [2.45, 2.75) is 36.8 Å². The molecule has 1 heterocycles. The molecule has 1 aliphatic heterocycles. The quantitative estimate of drug-likeness (QED) is 0.605. The molecule has 1 aliphatic carbocycles. The molecule has 2 unspecified atom stereocenters. The predicted octanol–water partition coefficient (Wildman–Crippen LogP) is 1.98. The van der Waals surface area contributed by atoms with E-state index in [0.717, 1.165) is 43.2 Å².